The smallest absolute Gasteiger partial charge is 0.248 e. The Hall–Kier alpha value is -3.21. The van der Waals surface area contributed by atoms with Crippen LogP contribution >= 0.6 is 0 Å². The molecule has 5 rings (SSSR count). The maximum atomic E-state index is 14.4. The Labute approximate surface area is 188 Å². The van der Waals surface area contributed by atoms with Gasteiger partial charge < -0.3 is 10.2 Å². The maximum Gasteiger partial charge on any atom is 0.248 e. The van der Waals surface area contributed by atoms with Gasteiger partial charge in [-0.15, -0.1) is 15.3 Å². The number of alkyl halides is 2. The van der Waals surface area contributed by atoms with Gasteiger partial charge in [0.1, 0.15) is 12.4 Å². The Bertz CT molecular complexity index is 1200. The summed E-state index contributed by atoms with van der Waals surface area (Å²) in [7, 11) is 1.83. The molecule has 0 amide bonds. The van der Waals surface area contributed by atoms with E-state index in [1.54, 1.807) is 35.6 Å². The highest BCUT2D eigenvalue weighted by atomic mass is 19.3. The summed E-state index contributed by atoms with van der Waals surface area (Å²) >= 11 is 0. The molecule has 1 fully saturated rings. The van der Waals surface area contributed by atoms with Gasteiger partial charge in [0, 0.05) is 25.5 Å². The van der Waals surface area contributed by atoms with E-state index in [-0.39, 0.29) is 55.7 Å². The van der Waals surface area contributed by atoms with Crippen LogP contribution in [-0.2, 0) is 5.41 Å². The van der Waals surface area contributed by atoms with E-state index in [0.29, 0.717) is 11.2 Å². The molecular formula is C22H24F3N7O. The molecule has 1 unspecified atom stereocenters. The van der Waals surface area contributed by atoms with Gasteiger partial charge in [0.25, 0.3) is 0 Å². The van der Waals surface area contributed by atoms with Crippen molar-refractivity contribution in [1.82, 2.24) is 30.2 Å². The van der Waals surface area contributed by atoms with Crippen LogP contribution in [0, 0.1) is 5.82 Å². The Morgan fingerprint density at radius 2 is 1.91 bits per heavy atom. The third kappa shape index (κ3) is 4.01. The largest absolute Gasteiger partial charge is 0.473 e. The fourth-order valence-corrected chi connectivity index (χ4v) is 4.31. The molecule has 1 saturated carbocycles. The Kier molecular flexibility index (Phi) is 5.23. The zero-order valence-electron chi connectivity index (χ0n) is 18.3. The summed E-state index contributed by atoms with van der Waals surface area (Å²) in [6.07, 6.45) is 1.45. The zero-order chi connectivity index (χ0) is 23.2. The van der Waals surface area contributed by atoms with E-state index in [2.05, 4.69) is 25.7 Å². The van der Waals surface area contributed by atoms with Crippen LogP contribution < -0.4 is 10.2 Å². The summed E-state index contributed by atoms with van der Waals surface area (Å²) in [5.41, 5.74) is 3.72. The number of aliphatic imine (C=N–C) groups is 1. The topological polar surface area (TPSA) is 79.9 Å². The second-order valence-electron chi connectivity index (χ2n) is 8.86. The maximum absolute atomic E-state index is 14.4. The highest BCUT2D eigenvalue weighted by Gasteiger charge is 2.43. The lowest BCUT2D eigenvalue weighted by Crippen LogP contribution is -2.38. The molecule has 1 atom stereocenters. The van der Waals surface area contributed by atoms with Crippen molar-refractivity contribution < 1.29 is 17.9 Å². The number of nitrogens with zero attached hydrogens (tertiary/aromatic N) is 6. The van der Waals surface area contributed by atoms with Crippen molar-refractivity contribution in [2.24, 2.45) is 4.99 Å². The average Bonchev–Trinajstić information content (AvgIpc) is 3.40. The minimum Gasteiger partial charge on any atom is -0.473 e. The first kappa shape index (κ1) is 21.6. The average molecular weight is 459 g/mol. The molecule has 0 spiro atoms. The highest BCUT2D eigenvalue weighted by Crippen LogP contribution is 2.47. The summed E-state index contributed by atoms with van der Waals surface area (Å²) in [6.45, 7) is 2.13. The van der Waals surface area contributed by atoms with Gasteiger partial charge in [0.05, 0.1) is 11.9 Å². The molecule has 0 bridgehead atoms. The number of aromatic nitrogens is 4. The van der Waals surface area contributed by atoms with E-state index < -0.39 is 17.2 Å². The van der Waals surface area contributed by atoms with Crippen LogP contribution in [0.15, 0.2) is 35.3 Å². The first-order chi connectivity index (χ1) is 15.8. The number of fused-ring (bicyclic) bond motifs is 1. The molecule has 1 aromatic carbocycles. The molecular weight excluding hydrogens is 435 g/mol. The second kappa shape index (κ2) is 7.98. The molecule has 3 heterocycles. The number of halogens is 3. The van der Waals surface area contributed by atoms with Crippen LogP contribution in [-0.4, -0.2) is 56.9 Å². The van der Waals surface area contributed by atoms with Crippen LogP contribution in [0.3, 0.4) is 0 Å². The Morgan fingerprint density at radius 1 is 1.15 bits per heavy atom. The fourth-order valence-electron chi connectivity index (χ4n) is 4.31. The number of likely N-dealkylation sites (N-methyl/N-ethyl adjacent to an activating group) is 1. The van der Waals surface area contributed by atoms with Crippen LogP contribution in [0.1, 0.15) is 38.2 Å². The number of hydrogen-bond donors (Lipinski definition) is 1. The summed E-state index contributed by atoms with van der Waals surface area (Å²) in [5.74, 6) is -2.60. The first-order valence-electron chi connectivity index (χ1n) is 10.8. The van der Waals surface area contributed by atoms with E-state index in [1.165, 1.54) is 10.6 Å². The van der Waals surface area contributed by atoms with Gasteiger partial charge in [-0.3, -0.25) is 4.99 Å². The molecule has 1 aliphatic heterocycles. The van der Waals surface area contributed by atoms with E-state index in [1.807, 2.05) is 14.0 Å². The third-order valence-electron chi connectivity index (χ3n) is 6.53. The van der Waals surface area contributed by atoms with Crippen molar-refractivity contribution in [3.05, 3.63) is 41.7 Å². The van der Waals surface area contributed by atoms with Crippen molar-refractivity contribution >= 4 is 12.0 Å². The lowest BCUT2D eigenvalue weighted by atomic mass is 9.70. The normalized spacial score (nSPS) is 21.9. The number of benzene rings is 1. The van der Waals surface area contributed by atoms with E-state index in [0.717, 1.165) is 0 Å². The fraction of sp³-hybridized carbons (Fsp3) is 0.455. The summed E-state index contributed by atoms with van der Waals surface area (Å²) in [6, 6.07) is 8.00. The molecule has 174 valence electrons. The second-order valence-corrected chi connectivity index (χ2v) is 8.86. The number of rotatable bonds is 5. The Balaban J connectivity index is 1.58. The van der Waals surface area contributed by atoms with Crippen molar-refractivity contribution in [3.63, 3.8) is 0 Å². The summed E-state index contributed by atoms with van der Waals surface area (Å²) in [4.78, 5) is 4.30. The van der Waals surface area contributed by atoms with Crippen LogP contribution in [0.5, 0.6) is 5.88 Å². The molecule has 1 aliphatic carbocycles. The third-order valence-corrected chi connectivity index (χ3v) is 6.53. The van der Waals surface area contributed by atoms with E-state index in [9.17, 15) is 13.2 Å². The van der Waals surface area contributed by atoms with Crippen molar-refractivity contribution in [2.45, 2.75) is 50.1 Å². The molecule has 0 saturated heterocycles. The zero-order valence-corrected chi connectivity index (χ0v) is 18.3. The monoisotopic (exact) mass is 459 g/mol. The van der Waals surface area contributed by atoms with Crippen molar-refractivity contribution in [2.75, 3.05) is 13.7 Å². The van der Waals surface area contributed by atoms with Gasteiger partial charge in [0.2, 0.25) is 11.8 Å². The molecule has 2 aromatic heterocycles. The van der Waals surface area contributed by atoms with Crippen LogP contribution in [0.25, 0.3) is 17.0 Å². The molecule has 33 heavy (non-hydrogen) atoms. The summed E-state index contributed by atoms with van der Waals surface area (Å²) in [5, 5.41) is 14.7. The van der Waals surface area contributed by atoms with Crippen molar-refractivity contribution in [1.29, 1.82) is 0 Å². The minimum atomic E-state index is -2.67. The van der Waals surface area contributed by atoms with Gasteiger partial charge in [-0.1, -0.05) is 19.1 Å². The number of hydrazine groups is 1. The molecule has 3 aromatic rings. The van der Waals surface area contributed by atoms with Crippen LogP contribution in [0.4, 0.5) is 13.2 Å². The highest BCUT2D eigenvalue weighted by molar-refractivity contribution is 5.60. The molecule has 2 aliphatic rings. The van der Waals surface area contributed by atoms with Gasteiger partial charge >= 0.3 is 0 Å². The van der Waals surface area contributed by atoms with Gasteiger partial charge in [-0.25, -0.2) is 13.2 Å². The SMILES string of the molecule is CN1NC=NC1COc1nn2c(-c3ccccc3F)nnc2cc1C1(C)CCC(F)(F)CC1. The number of nitrogens with one attached hydrogen (secondary N) is 1. The summed E-state index contributed by atoms with van der Waals surface area (Å²) < 4.78 is 49.8. The molecule has 8 nitrogen and oxygen atoms in total. The predicted molar refractivity (Wildman–Crippen MR) is 116 cm³/mol. The predicted octanol–water partition coefficient (Wildman–Crippen LogP) is 3.58. The van der Waals surface area contributed by atoms with E-state index in [4.69, 9.17) is 4.74 Å². The van der Waals surface area contributed by atoms with E-state index >= 15 is 0 Å². The quantitative estimate of drug-likeness (QED) is 0.628. The van der Waals surface area contributed by atoms with Gasteiger partial charge in [0.15, 0.2) is 17.6 Å². The molecule has 11 heteroatoms. The lowest BCUT2D eigenvalue weighted by molar-refractivity contribution is -0.0501. The Morgan fingerprint density at radius 3 is 2.61 bits per heavy atom. The molecule has 0 radical (unpaired) electrons. The van der Waals surface area contributed by atoms with Gasteiger partial charge in [-0.2, -0.15) is 9.52 Å². The first-order valence-corrected chi connectivity index (χ1v) is 10.8. The van der Waals surface area contributed by atoms with Crippen LogP contribution in [0.2, 0.25) is 0 Å². The molecule has 1 N–H and O–H groups in total. The number of ether oxygens (including phenoxy) is 1. The van der Waals surface area contributed by atoms with Gasteiger partial charge in [-0.05, 0) is 36.5 Å². The minimum absolute atomic E-state index is 0.189. The standard InChI is InChI=1S/C22H24F3N7O/c1-21(7-9-22(24,25)10-8-21)15-11-17-28-29-19(14-5-3-4-6-16(14)23)32(17)30-20(15)33-12-18-26-13-27-31(18)2/h3-6,11,13,18H,7-10,12H2,1-2H3,(H,26,27). The lowest BCUT2D eigenvalue weighted by Gasteiger charge is -2.38. The number of hydrogen-bond acceptors (Lipinski definition) is 7. The van der Waals surface area contributed by atoms with Crippen molar-refractivity contribution in [3.8, 4) is 17.3 Å².